The minimum atomic E-state index is -0.694. The van der Waals surface area contributed by atoms with Crippen molar-refractivity contribution >= 4 is 10.7 Å². The smallest absolute Gasteiger partial charge is 0.271 e. The first-order valence-corrected chi connectivity index (χ1v) is 7.75. The molecule has 6 nitrogen and oxygen atoms in total. The molecule has 0 fully saturated rings. The first-order valence-electron chi connectivity index (χ1n) is 6.46. The quantitative estimate of drug-likeness (QED) is 0.435. The highest BCUT2D eigenvalue weighted by Gasteiger charge is 2.15. The van der Waals surface area contributed by atoms with E-state index in [1.165, 1.54) is 12.1 Å². The van der Waals surface area contributed by atoms with Gasteiger partial charge in [0.2, 0.25) is 10.3 Å². The summed E-state index contributed by atoms with van der Waals surface area (Å²) in [5.74, 6) is 4.41. The van der Waals surface area contributed by atoms with Crippen molar-refractivity contribution < 1.29 is 18.6 Å². The average molecular weight is 339 g/mol. The minimum Gasteiger partial charge on any atom is -0.508 e. The van der Waals surface area contributed by atoms with Gasteiger partial charge in [-0.3, -0.25) is 0 Å². The Morgan fingerprint density at radius 3 is 2.61 bits per heavy atom. The molecule has 1 atom stereocenters. The molecule has 23 heavy (non-hydrogen) atoms. The van der Waals surface area contributed by atoms with Crippen molar-refractivity contribution in [3.8, 4) is 22.3 Å². The molecule has 0 aliphatic carbocycles. The van der Waals surface area contributed by atoms with Crippen LogP contribution in [0.5, 0.6) is 17.4 Å². The van der Waals surface area contributed by atoms with Crippen LogP contribution >= 0.6 is 10.7 Å². The molecule has 0 aliphatic rings. The summed E-state index contributed by atoms with van der Waals surface area (Å²) in [5, 5.41) is 13.6. The SMILES string of the molecule is Nn1[nH]c(Oc2cc(F)ccc2F)c[s+](-c2ccc(O)cc2)[nH]1. The van der Waals surface area contributed by atoms with E-state index in [-0.39, 0.29) is 17.4 Å². The van der Waals surface area contributed by atoms with Crippen LogP contribution in [0.2, 0.25) is 0 Å². The van der Waals surface area contributed by atoms with Crippen molar-refractivity contribution in [1.29, 1.82) is 0 Å². The number of nitrogen functional groups attached to an aromatic ring is 1. The molecule has 2 aromatic carbocycles. The maximum atomic E-state index is 13.7. The normalized spacial score (nSPS) is 11.3. The number of nitrogens with one attached hydrogen (secondary N) is 2. The van der Waals surface area contributed by atoms with Gasteiger partial charge in [0.25, 0.3) is 5.88 Å². The number of hydrogen-bond acceptors (Lipinski definition) is 3. The number of nitrogens with zero attached hydrogens (tertiary/aromatic N) is 1. The van der Waals surface area contributed by atoms with Crippen LogP contribution in [0.25, 0.3) is 4.90 Å². The van der Waals surface area contributed by atoms with E-state index in [4.69, 9.17) is 10.6 Å². The minimum absolute atomic E-state index is 0.138. The summed E-state index contributed by atoms with van der Waals surface area (Å²) in [6, 6.07) is 9.42. The topological polar surface area (TPSA) is 92.0 Å². The Hall–Kier alpha value is -2.94. The Bertz CT molecular complexity index is 862. The largest absolute Gasteiger partial charge is 0.508 e. The molecule has 1 heterocycles. The van der Waals surface area contributed by atoms with E-state index in [1.807, 2.05) is 0 Å². The van der Waals surface area contributed by atoms with Crippen LogP contribution < -0.4 is 10.6 Å². The van der Waals surface area contributed by atoms with Crippen LogP contribution in [0.1, 0.15) is 0 Å². The molecule has 3 rings (SSSR count). The zero-order valence-electron chi connectivity index (χ0n) is 11.7. The number of aromatic hydroxyl groups is 1. The molecule has 0 saturated carbocycles. The van der Waals surface area contributed by atoms with Gasteiger partial charge >= 0.3 is 0 Å². The maximum Gasteiger partial charge on any atom is 0.271 e. The summed E-state index contributed by atoms with van der Waals surface area (Å²) >= 11 is 0. The third kappa shape index (κ3) is 3.46. The Balaban J connectivity index is 1.97. The lowest BCUT2D eigenvalue weighted by atomic mass is 10.3. The van der Waals surface area contributed by atoms with Crippen LogP contribution in [0, 0.1) is 11.6 Å². The highest BCUT2D eigenvalue weighted by atomic mass is 32.2. The van der Waals surface area contributed by atoms with Gasteiger partial charge in [-0.1, -0.05) is 9.39 Å². The van der Waals surface area contributed by atoms with Gasteiger partial charge in [-0.05, 0) is 24.3 Å². The predicted octanol–water partition coefficient (Wildman–Crippen LogP) is 3.50. The number of phenols is 1. The standard InChI is InChI=1S/C14H12F2N4O2S/c15-9-1-6-12(16)13(7-9)22-14-8-23(19-20(17)18-14)11-4-2-10(21)3-5-11/h1-8,18-19H,17H2/p+1. The second kappa shape index (κ2) is 6.05. The monoisotopic (exact) mass is 339 g/mol. The van der Waals surface area contributed by atoms with E-state index in [0.717, 1.165) is 28.0 Å². The molecule has 0 bridgehead atoms. The van der Waals surface area contributed by atoms with Gasteiger partial charge < -0.3 is 15.7 Å². The fraction of sp³-hybridized carbons (Fsp3) is 0. The van der Waals surface area contributed by atoms with E-state index in [0.29, 0.717) is 0 Å². The molecule has 0 spiro atoms. The highest BCUT2D eigenvalue weighted by molar-refractivity contribution is 7.33. The van der Waals surface area contributed by atoms with Gasteiger partial charge in [-0.25, -0.2) is 13.9 Å². The lowest BCUT2D eigenvalue weighted by molar-refractivity contribution is 0.408. The lowest BCUT2D eigenvalue weighted by Crippen LogP contribution is -2.16. The van der Waals surface area contributed by atoms with Crippen molar-refractivity contribution in [2.75, 3.05) is 5.84 Å². The highest BCUT2D eigenvalue weighted by Crippen LogP contribution is 2.32. The fourth-order valence-electron chi connectivity index (χ4n) is 1.84. The summed E-state index contributed by atoms with van der Waals surface area (Å²) < 4.78 is 35.1. The van der Waals surface area contributed by atoms with Gasteiger partial charge in [0.1, 0.15) is 22.2 Å². The molecule has 120 valence electrons. The van der Waals surface area contributed by atoms with Crippen molar-refractivity contribution in [1.82, 2.24) is 14.5 Å². The molecular formula is C14H13F2N4O2S+. The van der Waals surface area contributed by atoms with Gasteiger partial charge in [-0.15, -0.1) is 0 Å². The number of rotatable bonds is 3. The van der Waals surface area contributed by atoms with E-state index in [1.54, 1.807) is 17.5 Å². The first-order chi connectivity index (χ1) is 11.0. The Labute approximate surface area is 132 Å². The summed E-state index contributed by atoms with van der Waals surface area (Å²) in [7, 11) is -0.688. The molecule has 5 N–H and O–H groups in total. The van der Waals surface area contributed by atoms with Gasteiger partial charge in [-0.2, -0.15) is 0 Å². The Morgan fingerprint density at radius 1 is 1.13 bits per heavy atom. The number of hydrogen-bond donors (Lipinski definition) is 4. The van der Waals surface area contributed by atoms with E-state index >= 15 is 0 Å². The second-order valence-electron chi connectivity index (χ2n) is 4.56. The van der Waals surface area contributed by atoms with Gasteiger partial charge in [0, 0.05) is 18.2 Å². The zero-order chi connectivity index (χ0) is 16.4. The molecule has 1 unspecified atom stereocenters. The van der Waals surface area contributed by atoms with Crippen molar-refractivity contribution in [3.05, 3.63) is 59.5 Å². The van der Waals surface area contributed by atoms with E-state index < -0.39 is 22.3 Å². The summed E-state index contributed by atoms with van der Waals surface area (Å²) in [4.78, 5) is 1.88. The molecule has 9 heteroatoms. The average Bonchev–Trinajstić information content (AvgIpc) is 2.51. The van der Waals surface area contributed by atoms with Crippen LogP contribution in [0.15, 0.2) is 47.8 Å². The number of aromatic amines is 2. The lowest BCUT2D eigenvalue weighted by Gasteiger charge is -2.07. The first kappa shape index (κ1) is 15.0. The van der Waals surface area contributed by atoms with Crippen LogP contribution in [-0.4, -0.2) is 19.6 Å². The summed E-state index contributed by atoms with van der Waals surface area (Å²) in [5.41, 5.74) is 0. The maximum absolute atomic E-state index is 13.7. The Kier molecular flexibility index (Phi) is 3.94. The predicted molar refractivity (Wildman–Crippen MR) is 82.8 cm³/mol. The molecule has 0 radical (unpaired) electrons. The number of H-pyrrole nitrogens is 2. The number of phenolic OH excluding ortho intramolecular Hbond substituents is 1. The van der Waals surface area contributed by atoms with Crippen LogP contribution in [0.3, 0.4) is 0 Å². The van der Waals surface area contributed by atoms with E-state index in [2.05, 4.69) is 9.59 Å². The fourth-order valence-corrected chi connectivity index (χ4v) is 3.14. The van der Waals surface area contributed by atoms with Crippen molar-refractivity contribution in [3.63, 3.8) is 0 Å². The van der Waals surface area contributed by atoms with Crippen molar-refractivity contribution in [2.45, 2.75) is 0 Å². The third-order valence-electron chi connectivity index (χ3n) is 2.86. The molecular weight excluding hydrogens is 326 g/mol. The molecule has 1 aromatic heterocycles. The number of halogens is 2. The molecule has 3 aromatic rings. The van der Waals surface area contributed by atoms with Gasteiger partial charge in [0.05, 0.1) is 0 Å². The Morgan fingerprint density at radius 2 is 1.87 bits per heavy atom. The molecule has 0 saturated heterocycles. The molecule has 0 aliphatic heterocycles. The number of nitrogens with two attached hydrogens (primary N) is 1. The second-order valence-corrected chi connectivity index (χ2v) is 6.13. The van der Waals surface area contributed by atoms with Crippen LogP contribution in [0.4, 0.5) is 8.78 Å². The number of benzene rings is 2. The van der Waals surface area contributed by atoms with Crippen molar-refractivity contribution in [2.24, 2.45) is 0 Å². The van der Waals surface area contributed by atoms with Crippen LogP contribution in [-0.2, 0) is 0 Å². The zero-order valence-corrected chi connectivity index (χ0v) is 12.5. The number of ether oxygens (including phenoxy) is 1. The third-order valence-corrected chi connectivity index (χ3v) is 4.48. The van der Waals surface area contributed by atoms with E-state index in [9.17, 15) is 13.9 Å². The summed E-state index contributed by atoms with van der Waals surface area (Å²) in [6.07, 6.45) is 0. The summed E-state index contributed by atoms with van der Waals surface area (Å²) in [6.45, 7) is 0. The van der Waals surface area contributed by atoms with Gasteiger partial charge in [0.15, 0.2) is 11.6 Å². The number of aromatic nitrogens is 3. The molecule has 0 amide bonds.